The minimum Gasteiger partial charge on any atom is -0.496 e. The Morgan fingerprint density at radius 1 is 1.10 bits per heavy atom. The molecule has 1 aromatic heterocycles. The number of aromatic nitrogens is 2. The van der Waals surface area contributed by atoms with Crippen molar-refractivity contribution in [2.45, 2.75) is 32.9 Å². The number of hydrogen-bond donors (Lipinski definition) is 1. The van der Waals surface area contributed by atoms with Gasteiger partial charge in [-0.1, -0.05) is 49.4 Å². The molecular weight excluding hydrogens is 394 g/mol. The van der Waals surface area contributed by atoms with Crippen molar-refractivity contribution in [3.8, 4) is 17.0 Å². The van der Waals surface area contributed by atoms with Crippen LogP contribution in [0.25, 0.3) is 11.3 Å². The molecule has 3 rings (SSSR count). The third-order valence-corrected chi connectivity index (χ3v) is 4.73. The first-order valence-corrected chi connectivity index (χ1v) is 10.3. The normalized spacial score (nSPS) is 11.6. The SMILES string of the molecule is CCCNC(=O)[C@@H](C)OC(=O)c1cn(Cc2ccccc2)nc1-c1ccccc1OC. The van der Waals surface area contributed by atoms with Crippen LogP contribution < -0.4 is 10.1 Å². The number of hydrogen-bond acceptors (Lipinski definition) is 5. The van der Waals surface area contributed by atoms with Gasteiger partial charge in [0.15, 0.2) is 6.10 Å². The van der Waals surface area contributed by atoms with E-state index in [0.29, 0.717) is 30.1 Å². The molecule has 162 valence electrons. The van der Waals surface area contributed by atoms with Crippen molar-refractivity contribution in [1.29, 1.82) is 0 Å². The van der Waals surface area contributed by atoms with Gasteiger partial charge in [-0.2, -0.15) is 5.10 Å². The molecule has 0 unspecified atom stereocenters. The van der Waals surface area contributed by atoms with Gasteiger partial charge in [0.1, 0.15) is 17.0 Å². The zero-order valence-corrected chi connectivity index (χ0v) is 18.0. The Labute approximate surface area is 182 Å². The van der Waals surface area contributed by atoms with Gasteiger partial charge in [0, 0.05) is 18.3 Å². The summed E-state index contributed by atoms with van der Waals surface area (Å²) in [5, 5.41) is 7.38. The summed E-state index contributed by atoms with van der Waals surface area (Å²) in [6, 6.07) is 17.2. The van der Waals surface area contributed by atoms with E-state index in [1.54, 1.807) is 24.9 Å². The van der Waals surface area contributed by atoms with Crippen molar-refractivity contribution in [2.24, 2.45) is 0 Å². The topological polar surface area (TPSA) is 82.5 Å². The predicted molar refractivity (Wildman–Crippen MR) is 118 cm³/mol. The third kappa shape index (κ3) is 5.51. The van der Waals surface area contributed by atoms with E-state index in [2.05, 4.69) is 10.4 Å². The maximum Gasteiger partial charge on any atom is 0.342 e. The van der Waals surface area contributed by atoms with E-state index in [1.807, 2.05) is 61.5 Å². The average Bonchev–Trinajstić information content (AvgIpc) is 3.21. The molecule has 0 bridgehead atoms. The predicted octanol–water partition coefficient (Wildman–Crippen LogP) is 3.68. The van der Waals surface area contributed by atoms with Crippen molar-refractivity contribution in [1.82, 2.24) is 15.1 Å². The molecule has 0 aliphatic rings. The lowest BCUT2D eigenvalue weighted by molar-refractivity contribution is -0.129. The molecule has 1 heterocycles. The van der Waals surface area contributed by atoms with Crippen LogP contribution in [0.2, 0.25) is 0 Å². The van der Waals surface area contributed by atoms with E-state index in [9.17, 15) is 9.59 Å². The number of amides is 1. The molecule has 31 heavy (non-hydrogen) atoms. The molecule has 7 heteroatoms. The Balaban J connectivity index is 1.93. The summed E-state index contributed by atoms with van der Waals surface area (Å²) in [4.78, 5) is 25.1. The van der Waals surface area contributed by atoms with Crippen molar-refractivity contribution in [2.75, 3.05) is 13.7 Å². The smallest absolute Gasteiger partial charge is 0.342 e. The number of carbonyl (C=O) groups excluding carboxylic acids is 2. The van der Waals surface area contributed by atoms with Gasteiger partial charge >= 0.3 is 5.97 Å². The molecule has 3 aromatic rings. The molecule has 0 spiro atoms. The highest BCUT2D eigenvalue weighted by Gasteiger charge is 2.25. The molecular formula is C24H27N3O4. The number of esters is 1. The van der Waals surface area contributed by atoms with Crippen molar-refractivity contribution < 1.29 is 19.1 Å². The number of methoxy groups -OCH3 is 1. The van der Waals surface area contributed by atoms with Gasteiger partial charge in [-0.3, -0.25) is 9.48 Å². The average molecular weight is 421 g/mol. The summed E-state index contributed by atoms with van der Waals surface area (Å²) >= 11 is 0. The second-order valence-corrected chi connectivity index (χ2v) is 7.11. The lowest BCUT2D eigenvalue weighted by Gasteiger charge is -2.13. The molecule has 1 N–H and O–H groups in total. The fourth-order valence-electron chi connectivity index (χ4n) is 3.13. The van der Waals surface area contributed by atoms with Crippen LogP contribution in [0.4, 0.5) is 0 Å². The first-order chi connectivity index (χ1) is 15.0. The first-order valence-electron chi connectivity index (χ1n) is 10.3. The molecule has 0 aliphatic carbocycles. The third-order valence-electron chi connectivity index (χ3n) is 4.73. The summed E-state index contributed by atoms with van der Waals surface area (Å²) < 4.78 is 12.6. The summed E-state index contributed by atoms with van der Waals surface area (Å²) in [6.07, 6.45) is 1.53. The molecule has 0 aliphatic heterocycles. The van der Waals surface area contributed by atoms with Crippen molar-refractivity contribution in [3.05, 3.63) is 71.9 Å². The number of ether oxygens (including phenoxy) is 2. The lowest BCUT2D eigenvalue weighted by Crippen LogP contribution is -2.36. The highest BCUT2D eigenvalue weighted by atomic mass is 16.5. The highest BCUT2D eigenvalue weighted by molar-refractivity contribution is 5.98. The quantitative estimate of drug-likeness (QED) is 0.533. The van der Waals surface area contributed by atoms with Gasteiger partial charge < -0.3 is 14.8 Å². The Kier molecular flexibility index (Phi) is 7.43. The van der Waals surface area contributed by atoms with Crippen molar-refractivity contribution >= 4 is 11.9 Å². The molecule has 1 atom stereocenters. The van der Waals surface area contributed by atoms with E-state index < -0.39 is 12.1 Å². The summed E-state index contributed by atoms with van der Waals surface area (Å²) in [7, 11) is 1.57. The highest BCUT2D eigenvalue weighted by Crippen LogP contribution is 2.31. The maximum absolute atomic E-state index is 13.0. The van der Waals surface area contributed by atoms with Gasteiger partial charge in [-0.05, 0) is 31.0 Å². The number of nitrogens with zero attached hydrogens (tertiary/aromatic N) is 2. The van der Waals surface area contributed by atoms with E-state index >= 15 is 0 Å². The molecule has 0 radical (unpaired) electrons. The fraction of sp³-hybridized carbons (Fsp3) is 0.292. The summed E-state index contributed by atoms with van der Waals surface area (Å²) in [6.45, 7) is 4.53. The Morgan fingerprint density at radius 2 is 1.81 bits per heavy atom. The minimum atomic E-state index is -0.915. The van der Waals surface area contributed by atoms with Crippen LogP contribution in [0.5, 0.6) is 5.75 Å². The van der Waals surface area contributed by atoms with Gasteiger partial charge in [0.2, 0.25) is 0 Å². The zero-order chi connectivity index (χ0) is 22.2. The van der Waals surface area contributed by atoms with Crippen LogP contribution in [-0.2, 0) is 16.1 Å². The van der Waals surface area contributed by atoms with E-state index in [1.165, 1.54) is 0 Å². The second kappa shape index (κ2) is 10.4. The second-order valence-electron chi connectivity index (χ2n) is 7.11. The molecule has 0 saturated heterocycles. The summed E-state index contributed by atoms with van der Waals surface area (Å²) in [5.41, 5.74) is 2.44. The lowest BCUT2D eigenvalue weighted by atomic mass is 10.1. The van der Waals surface area contributed by atoms with Crippen LogP contribution >= 0.6 is 0 Å². The van der Waals surface area contributed by atoms with Crippen LogP contribution in [0.1, 0.15) is 36.2 Å². The van der Waals surface area contributed by atoms with Gasteiger partial charge in [-0.15, -0.1) is 0 Å². The van der Waals surface area contributed by atoms with Crippen LogP contribution in [0, 0.1) is 0 Å². The Hall–Kier alpha value is -3.61. The van der Waals surface area contributed by atoms with E-state index in [-0.39, 0.29) is 11.5 Å². The van der Waals surface area contributed by atoms with Crippen LogP contribution in [0.15, 0.2) is 60.8 Å². The maximum atomic E-state index is 13.0. The molecule has 0 fully saturated rings. The molecule has 0 saturated carbocycles. The zero-order valence-electron chi connectivity index (χ0n) is 18.0. The minimum absolute atomic E-state index is 0.274. The fourth-order valence-corrected chi connectivity index (χ4v) is 3.13. The standard InChI is InChI=1S/C24H27N3O4/c1-4-14-25-23(28)17(2)31-24(29)20-16-27(15-18-10-6-5-7-11-18)26-22(20)19-12-8-9-13-21(19)30-3/h5-13,16-17H,4,14-15H2,1-3H3,(H,25,28)/t17-/m1/s1. The number of benzene rings is 2. The Bertz CT molecular complexity index is 1030. The van der Waals surface area contributed by atoms with Crippen molar-refractivity contribution in [3.63, 3.8) is 0 Å². The number of carbonyl (C=O) groups is 2. The number of para-hydroxylation sites is 1. The molecule has 1 amide bonds. The van der Waals surface area contributed by atoms with Gasteiger partial charge in [0.25, 0.3) is 5.91 Å². The largest absolute Gasteiger partial charge is 0.496 e. The van der Waals surface area contributed by atoms with Gasteiger partial charge in [-0.25, -0.2) is 4.79 Å². The molecule has 2 aromatic carbocycles. The molecule has 7 nitrogen and oxygen atoms in total. The van der Waals surface area contributed by atoms with Crippen LogP contribution in [0.3, 0.4) is 0 Å². The van der Waals surface area contributed by atoms with Crippen LogP contribution in [-0.4, -0.2) is 41.4 Å². The monoisotopic (exact) mass is 421 g/mol. The van der Waals surface area contributed by atoms with Gasteiger partial charge in [0.05, 0.1) is 13.7 Å². The Morgan fingerprint density at radius 3 is 2.52 bits per heavy atom. The summed E-state index contributed by atoms with van der Waals surface area (Å²) in [5.74, 6) is -0.347. The first kappa shape index (κ1) is 22.1. The number of rotatable bonds is 9. The number of nitrogens with one attached hydrogen (secondary N) is 1. The van der Waals surface area contributed by atoms with E-state index in [0.717, 1.165) is 12.0 Å². The van der Waals surface area contributed by atoms with E-state index in [4.69, 9.17) is 9.47 Å².